The minimum atomic E-state index is 0.537. The quantitative estimate of drug-likeness (QED) is 0.866. The van der Waals surface area contributed by atoms with Crippen molar-refractivity contribution >= 4 is 11.5 Å². The fourth-order valence-electron chi connectivity index (χ4n) is 3.62. The molecule has 19 heavy (non-hydrogen) atoms. The van der Waals surface area contributed by atoms with Crippen LogP contribution in [0.2, 0.25) is 0 Å². The van der Waals surface area contributed by atoms with Crippen LogP contribution in [0.1, 0.15) is 38.3 Å². The summed E-state index contributed by atoms with van der Waals surface area (Å²) in [6.07, 6.45) is 5.92. The van der Waals surface area contributed by atoms with Gasteiger partial charge in [-0.3, -0.25) is 9.58 Å². The number of aromatic nitrogens is 2. The van der Waals surface area contributed by atoms with E-state index in [-0.39, 0.29) is 0 Å². The monoisotopic (exact) mass is 263 g/mol. The molecular formula is C14H25N5. The van der Waals surface area contributed by atoms with Crippen molar-refractivity contribution < 1.29 is 0 Å². The standard InChI is InChI=1S/C14H25N5/c1-3-5-11-13(15)14(18(2)17-11)16-10-7-9-19-8-4-6-12(10)19/h10,12,16H,3-9,15H2,1-2H3. The van der Waals surface area contributed by atoms with Crippen LogP contribution in [0.5, 0.6) is 0 Å². The van der Waals surface area contributed by atoms with Crippen LogP contribution in [0.3, 0.4) is 0 Å². The number of hydrogen-bond donors (Lipinski definition) is 2. The van der Waals surface area contributed by atoms with Crippen molar-refractivity contribution in [3.8, 4) is 0 Å². The lowest BCUT2D eigenvalue weighted by Gasteiger charge is -2.22. The molecular weight excluding hydrogens is 238 g/mol. The third-order valence-corrected chi connectivity index (χ3v) is 4.58. The van der Waals surface area contributed by atoms with E-state index in [0.29, 0.717) is 12.1 Å². The second-order valence-corrected chi connectivity index (χ2v) is 5.87. The summed E-state index contributed by atoms with van der Waals surface area (Å²) in [4.78, 5) is 2.61. The second-order valence-electron chi connectivity index (χ2n) is 5.87. The molecule has 2 saturated heterocycles. The zero-order valence-electron chi connectivity index (χ0n) is 12.0. The summed E-state index contributed by atoms with van der Waals surface area (Å²) < 4.78 is 1.91. The molecule has 0 radical (unpaired) electrons. The van der Waals surface area contributed by atoms with E-state index in [1.165, 1.54) is 32.4 Å². The van der Waals surface area contributed by atoms with Crippen LogP contribution in [0, 0.1) is 0 Å². The summed E-state index contributed by atoms with van der Waals surface area (Å²) in [7, 11) is 1.99. The Balaban J connectivity index is 1.76. The normalized spacial score (nSPS) is 26.8. The van der Waals surface area contributed by atoms with Gasteiger partial charge in [-0.05, 0) is 32.2 Å². The Morgan fingerprint density at radius 1 is 1.37 bits per heavy atom. The van der Waals surface area contributed by atoms with Gasteiger partial charge in [0.25, 0.3) is 0 Å². The third kappa shape index (κ3) is 2.20. The number of nitrogens with zero attached hydrogens (tertiary/aromatic N) is 3. The van der Waals surface area contributed by atoms with Gasteiger partial charge in [0.05, 0.1) is 11.4 Å². The van der Waals surface area contributed by atoms with Gasteiger partial charge in [-0.2, -0.15) is 5.10 Å². The molecule has 1 aromatic rings. The molecule has 2 fully saturated rings. The van der Waals surface area contributed by atoms with Crippen LogP contribution in [-0.2, 0) is 13.5 Å². The molecule has 2 atom stereocenters. The summed E-state index contributed by atoms with van der Waals surface area (Å²) in [6.45, 7) is 4.65. The third-order valence-electron chi connectivity index (χ3n) is 4.58. The Labute approximate surface area is 115 Å². The van der Waals surface area contributed by atoms with Crippen LogP contribution in [0.4, 0.5) is 11.5 Å². The molecule has 106 valence electrons. The Hall–Kier alpha value is -1.23. The van der Waals surface area contributed by atoms with Gasteiger partial charge in [-0.1, -0.05) is 13.3 Å². The SMILES string of the molecule is CCCc1nn(C)c(NC2CCN3CCCC23)c1N. The van der Waals surface area contributed by atoms with Gasteiger partial charge in [0.1, 0.15) is 5.82 Å². The molecule has 5 nitrogen and oxygen atoms in total. The fraction of sp³-hybridized carbons (Fsp3) is 0.786. The number of nitrogens with one attached hydrogen (secondary N) is 1. The molecule has 0 aromatic carbocycles. The van der Waals surface area contributed by atoms with E-state index in [1.807, 2.05) is 11.7 Å². The van der Waals surface area contributed by atoms with Crippen molar-refractivity contribution in [2.45, 2.75) is 51.1 Å². The fourth-order valence-corrected chi connectivity index (χ4v) is 3.62. The van der Waals surface area contributed by atoms with Gasteiger partial charge in [-0.25, -0.2) is 0 Å². The summed E-state index contributed by atoms with van der Waals surface area (Å²) >= 11 is 0. The highest BCUT2D eigenvalue weighted by atomic mass is 15.3. The average molecular weight is 263 g/mol. The molecule has 0 saturated carbocycles. The van der Waals surface area contributed by atoms with Gasteiger partial charge in [0.15, 0.2) is 0 Å². The highest BCUT2D eigenvalue weighted by molar-refractivity contribution is 5.65. The molecule has 3 N–H and O–H groups in total. The van der Waals surface area contributed by atoms with Crippen molar-refractivity contribution in [2.24, 2.45) is 7.05 Å². The molecule has 0 spiro atoms. The minimum absolute atomic E-state index is 0.537. The molecule has 0 bridgehead atoms. The van der Waals surface area contributed by atoms with Crippen LogP contribution in [0.25, 0.3) is 0 Å². The first kappa shape index (κ1) is 12.8. The molecule has 3 rings (SSSR count). The maximum Gasteiger partial charge on any atom is 0.148 e. The van der Waals surface area contributed by atoms with E-state index in [4.69, 9.17) is 5.73 Å². The lowest BCUT2D eigenvalue weighted by atomic mass is 10.1. The van der Waals surface area contributed by atoms with Gasteiger partial charge in [-0.15, -0.1) is 0 Å². The zero-order chi connectivity index (χ0) is 13.4. The number of rotatable bonds is 4. The van der Waals surface area contributed by atoms with E-state index in [0.717, 1.165) is 30.0 Å². The number of fused-ring (bicyclic) bond motifs is 1. The Morgan fingerprint density at radius 2 is 2.21 bits per heavy atom. The average Bonchev–Trinajstić information content (AvgIpc) is 3.03. The molecule has 3 heterocycles. The van der Waals surface area contributed by atoms with Crippen LogP contribution >= 0.6 is 0 Å². The Kier molecular flexibility index (Phi) is 3.39. The molecule has 1 aromatic heterocycles. The predicted molar refractivity (Wildman–Crippen MR) is 78.2 cm³/mol. The first-order valence-electron chi connectivity index (χ1n) is 7.52. The van der Waals surface area contributed by atoms with Gasteiger partial charge < -0.3 is 11.1 Å². The molecule has 0 aliphatic carbocycles. The number of hydrogen-bond acceptors (Lipinski definition) is 4. The van der Waals surface area contributed by atoms with Crippen molar-refractivity contribution in [2.75, 3.05) is 24.1 Å². The minimum Gasteiger partial charge on any atom is -0.394 e. The highest BCUT2D eigenvalue weighted by Gasteiger charge is 2.37. The Morgan fingerprint density at radius 3 is 3.00 bits per heavy atom. The van der Waals surface area contributed by atoms with E-state index in [1.54, 1.807) is 0 Å². The summed E-state index contributed by atoms with van der Waals surface area (Å²) in [5.74, 6) is 1.02. The van der Waals surface area contributed by atoms with Crippen LogP contribution < -0.4 is 11.1 Å². The molecule has 5 heteroatoms. The predicted octanol–water partition coefficient (Wildman–Crippen LogP) is 1.60. The van der Waals surface area contributed by atoms with Gasteiger partial charge in [0.2, 0.25) is 0 Å². The van der Waals surface area contributed by atoms with E-state index in [2.05, 4.69) is 22.2 Å². The molecule has 2 aliphatic heterocycles. The Bertz CT molecular complexity index is 453. The maximum absolute atomic E-state index is 6.25. The van der Waals surface area contributed by atoms with Crippen LogP contribution in [0.15, 0.2) is 0 Å². The first-order valence-corrected chi connectivity index (χ1v) is 7.52. The summed E-state index contributed by atoms with van der Waals surface area (Å²) in [5.41, 5.74) is 8.13. The largest absolute Gasteiger partial charge is 0.394 e. The van der Waals surface area contributed by atoms with E-state index in [9.17, 15) is 0 Å². The lowest BCUT2D eigenvalue weighted by Crippen LogP contribution is -2.34. The molecule has 2 unspecified atom stereocenters. The van der Waals surface area contributed by atoms with Gasteiger partial charge >= 0.3 is 0 Å². The molecule has 2 aliphatic rings. The van der Waals surface area contributed by atoms with E-state index < -0.39 is 0 Å². The van der Waals surface area contributed by atoms with Crippen molar-refractivity contribution in [1.82, 2.24) is 14.7 Å². The summed E-state index contributed by atoms with van der Waals surface area (Å²) in [5, 5.41) is 8.20. The number of anilines is 2. The highest BCUT2D eigenvalue weighted by Crippen LogP contribution is 2.32. The van der Waals surface area contributed by atoms with Crippen molar-refractivity contribution in [3.63, 3.8) is 0 Å². The topological polar surface area (TPSA) is 59.1 Å². The summed E-state index contributed by atoms with van der Waals surface area (Å²) in [6, 6.07) is 1.23. The smallest absolute Gasteiger partial charge is 0.148 e. The maximum atomic E-state index is 6.25. The number of aryl methyl sites for hydroxylation is 2. The first-order chi connectivity index (χ1) is 9.20. The zero-order valence-corrected chi connectivity index (χ0v) is 12.0. The van der Waals surface area contributed by atoms with Gasteiger partial charge in [0, 0.05) is 25.7 Å². The number of nitrogens with two attached hydrogens (primary N) is 1. The lowest BCUT2D eigenvalue weighted by molar-refractivity contribution is 0.318. The van der Waals surface area contributed by atoms with E-state index >= 15 is 0 Å². The molecule has 0 amide bonds. The van der Waals surface area contributed by atoms with Crippen molar-refractivity contribution in [1.29, 1.82) is 0 Å². The van der Waals surface area contributed by atoms with Crippen molar-refractivity contribution in [3.05, 3.63) is 5.69 Å². The number of nitrogen functional groups attached to an aromatic ring is 1. The second kappa shape index (κ2) is 5.04. The van der Waals surface area contributed by atoms with Crippen LogP contribution in [-0.4, -0.2) is 39.9 Å².